The van der Waals surface area contributed by atoms with Crippen LogP contribution in [-0.2, 0) is 0 Å². The van der Waals surface area contributed by atoms with E-state index in [1.807, 2.05) is 12.1 Å². The number of pyridine rings is 1. The van der Waals surface area contributed by atoms with Gasteiger partial charge in [-0.15, -0.1) is 0 Å². The van der Waals surface area contributed by atoms with E-state index in [4.69, 9.17) is 0 Å². The molecule has 0 bridgehead atoms. The number of ketones is 1. The Balaban J connectivity index is 1.44. The highest BCUT2D eigenvalue weighted by Crippen LogP contribution is 2.43. The molecule has 0 spiro atoms. The van der Waals surface area contributed by atoms with Gasteiger partial charge in [0.05, 0.1) is 0 Å². The van der Waals surface area contributed by atoms with Gasteiger partial charge >= 0.3 is 0 Å². The van der Waals surface area contributed by atoms with E-state index in [1.54, 1.807) is 6.20 Å². The SMILES string of the molecule is CCC(C(=O)c1ccc([B]C2=C3CC3C=CC(C)=C2)nc1)C1CCC=CCCCC1. The van der Waals surface area contributed by atoms with Crippen molar-refractivity contribution >= 4 is 18.7 Å². The number of Topliss-reactive ketones (excluding diaryl/α,β-unsaturated/α-hetero) is 1. The number of hydrogen-bond donors (Lipinski definition) is 0. The third-order valence-electron chi connectivity index (χ3n) is 6.86. The summed E-state index contributed by atoms with van der Waals surface area (Å²) in [5, 5.41) is 0. The highest BCUT2D eigenvalue weighted by Gasteiger charge is 2.31. The number of carbonyl (C=O) groups excluding carboxylic acids is 1. The molecule has 1 saturated carbocycles. The lowest BCUT2D eigenvalue weighted by atomic mass is 9.65. The summed E-state index contributed by atoms with van der Waals surface area (Å²) < 4.78 is 0. The van der Waals surface area contributed by atoms with Gasteiger partial charge in [-0.05, 0) is 69.9 Å². The first kappa shape index (κ1) is 21.1. The predicted molar refractivity (Wildman–Crippen MR) is 126 cm³/mol. The topological polar surface area (TPSA) is 30.0 Å². The van der Waals surface area contributed by atoms with Gasteiger partial charge in [-0.25, -0.2) is 0 Å². The molecule has 1 heterocycles. The first-order valence-electron chi connectivity index (χ1n) is 11.7. The Hall–Kier alpha value is -2.16. The zero-order valence-electron chi connectivity index (χ0n) is 18.4. The fraction of sp³-hybridized carbons (Fsp3) is 0.481. The van der Waals surface area contributed by atoms with Crippen LogP contribution in [0.15, 0.2) is 65.3 Å². The molecule has 0 amide bonds. The second kappa shape index (κ2) is 9.77. The number of hydrogen-bond acceptors (Lipinski definition) is 2. The quantitative estimate of drug-likeness (QED) is 0.337. The van der Waals surface area contributed by atoms with Crippen LogP contribution in [0, 0.1) is 17.8 Å². The first-order chi connectivity index (χ1) is 14.7. The van der Waals surface area contributed by atoms with E-state index >= 15 is 0 Å². The molecule has 3 aliphatic carbocycles. The first-order valence-corrected chi connectivity index (χ1v) is 11.7. The van der Waals surface area contributed by atoms with Crippen molar-refractivity contribution in [3.63, 3.8) is 0 Å². The average molecular weight is 398 g/mol. The number of fused-ring (bicyclic) bond motifs is 1. The highest BCUT2D eigenvalue weighted by molar-refractivity contribution is 6.61. The molecule has 3 heteroatoms. The molecule has 1 aromatic heterocycles. The Kier molecular flexibility index (Phi) is 6.87. The molecule has 0 saturated heterocycles. The van der Waals surface area contributed by atoms with E-state index in [2.05, 4.69) is 56.5 Å². The van der Waals surface area contributed by atoms with Crippen molar-refractivity contribution in [3.05, 3.63) is 70.9 Å². The second-order valence-corrected chi connectivity index (χ2v) is 9.13. The molecule has 1 aromatic rings. The van der Waals surface area contributed by atoms with Gasteiger partial charge < -0.3 is 0 Å². The molecule has 3 atom stereocenters. The summed E-state index contributed by atoms with van der Waals surface area (Å²) in [5.41, 5.74) is 5.78. The van der Waals surface area contributed by atoms with Crippen LogP contribution in [0.5, 0.6) is 0 Å². The van der Waals surface area contributed by atoms with Crippen LogP contribution in [0.3, 0.4) is 0 Å². The molecule has 0 N–H and O–H groups in total. The molecule has 1 fully saturated rings. The Morgan fingerprint density at radius 3 is 2.87 bits per heavy atom. The molecule has 0 aromatic carbocycles. The van der Waals surface area contributed by atoms with Crippen molar-refractivity contribution in [3.8, 4) is 0 Å². The van der Waals surface area contributed by atoms with Crippen LogP contribution in [-0.4, -0.2) is 18.0 Å². The zero-order valence-corrected chi connectivity index (χ0v) is 18.4. The van der Waals surface area contributed by atoms with E-state index in [1.165, 1.54) is 42.3 Å². The minimum Gasteiger partial charge on any atom is -0.294 e. The lowest BCUT2D eigenvalue weighted by Gasteiger charge is -2.25. The van der Waals surface area contributed by atoms with Crippen LogP contribution in [0.4, 0.5) is 0 Å². The highest BCUT2D eigenvalue weighted by atomic mass is 16.1. The molecular formula is C27H33BNO. The van der Waals surface area contributed by atoms with Gasteiger partial charge in [0.15, 0.2) is 5.78 Å². The average Bonchev–Trinajstić information content (AvgIpc) is 3.52. The van der Waals surface area contributed by atoms with Crippen LogP contribution in [0.25, 0.3) is 0 Å². The smallest absolute Gasteiger partial charge is 0.216 e. The molecule has 30 heavy (non-hydrogen) atoms. The predicted octanol–water partition coefficient (Wildman–Crippen LogP) is 5.94. The Bertz CT molecular complexity index is 890. The maximum Gasteiger partial charge on any atom is 0.216 e. The van der Waals surface area contributed by atoms with Crippen molar-refractivity contribution in [2.45, 2.75) is 65.2 Å². The summed E-state index contributed by atoms with van der Waals surface area (Å²) in [6.45, 7) is 4.30. The maximum absolute atomic E-state index is 13.3. The van der Waals surface area contributed by atoms with Crippen molar-refractivity contribution in [1.82, 2.24) is 4.98 Å². The van der Waals surface area contributed by atoms with Crippen molar-refractivity contribution < 1.29 is 4.79 Å². The van der Waals surface area contributed by atoms with Crippen molar-refractivity contribution in [1.29, 1.82) is 0 Å². The van der Waals surface area contributed by atoms with Gasteiger partial charge in [0, 0.05) is 29.2 Å². The van der Waals surface area contributed by atoms with Gasteiger partial charge in [-0.1, -0.05) is 60.3 Å². The molecular weight excluding hydrogens is 365 g/mol. The Morgan fingerprint density at radius 2 is 2.07 bits per heavy atom. The Morgan fingerprint density at radius 1 is 1.20 bits per heavy atom. The molecule has 3 aliphatic rings. The maximum atomic E-state index is 13.3. The number of allylic oxidation sites excluding steroid dienone is 8. The van der Waals surface area contributed by atoms with Crippen LogP contribution in [0.2, 0.25) is 0 Å². The van der Waals surface area contributed by atoms with Gasteiger partial charge in [0.25, 0.3) is 0 Å². The zero-order chi connectivity index (χ0) is 20.9. The number of carbonyl (C=O) groups is 1. The van der Waals surface area contributed by atoms with E-state index in [9.17, 15) is 4.79 Å². The Labute approximate surface area is 182 Å². The van der Waals surface area contributed by atoms with Gasteiger partial charge in [-0.2, -0.15) is 0 Å². The molecule has 155 valence electrons. The lowest BCUT2D eigenvalue weighted by Crippen LogP contribution is -2.26. The largest absolute Gasteiger partial charge is 0.294 e. The molecule has 0 aliphatic heterocycles. The minimum absolute atomic E-state index is 0.115. The summed E-state index contributed by atoms with van der Waals surface area (Å²) >= 11 is 0. The number of aromatic nitrogens is 1. The summed E-state index contributed by atoms with van der Waals surface area (Å²) in [6.07, 6.45) is 22.3. The monoisotopic (exact) mass is 398 g/mol. The van der Waals surface area contributed by atoms with Crippen LogP contribution in [0.1, 0.15) is 75.6 Å². The van der Waals surface area contributed by atoms with Gasteiger partial charge in [-0.3, -0.25) is 9.78 Å². The summed E-state index contributed by atoms with van der Waals surface area (Å²) in [6, 6.07) is 4.00. The van der Waals surface area contributed by atoms with Gasteiger partial charge in [0.2, 0.25) is 7.28 Å². The van der Waals surface area contributed by atoms with E-state index in [-0.39, 0.29) is 11.7 Å². The minimum atomic E-state index is 0.115. The fourth-order valence-corrected chi connectivity index (χ4v) is 4.99. The number of rotatable bonds is 6. The molecule has 4 rings (SSSR count). The fourth-order valence-electron chi connectivity index (χ4n) is 4.99. The van der Waals surface area contributed by atoms with E-state index in [0.29, 0.717) is 11.8 Å². The third-order valence-corrected chi connectivity index (χ3v) is 6.86. The standard InChI is InChI=1S/C27H33BNO/c1-3-23(20-10-8-6-4-5-7-9-11-20)27(30)22-14-15-26(29-18-22)28-25-16-19(2)12-13-21-17-24(21)25/h4,6,12-16,18,20-21,23H,3,5,7-11,17H2,1-2H3. The summed E-state index contributed by atoms with van der Waals surface area (Å²) in [7, 11) is 2.17. The summed E-state index contributed by atoms with van der Waals surface area (Å²) in [4.78, 5) is 18.0. The van der Waals surface area contributed by atoms with Gasteiger partial charge in [0.1, 0.15) is 0 Å². The van der Waals surface area contributed by atoms with E-state index in [0.717, 1.165) is 36.8 Å². The second-order valence-electron chi connectivity index (χ2n) is 9.13. The molecule has 1 radical (unpaired) electrons. The number of nitrogens with zero attached hydrogens (tertiary/aromatic N) is 1. The third kappa shape index (κ3) is 5.12. The van der Waals surface area contributed by atoms with E-state index < -0.39 is 0 Å². The molecule has 2 nitrogen and oxygen atoms in total. The lowest BCUT2D eigenvalue weighted by molar-refractivity contribution is 0.0853. The molecule has 3 unspecified atom stereocenters. The van der Waals surface area contributed by atoms with Crippen LogP contribution >= 0.6 is 0 Å². The normalized spacial score (nSPS) is 24.7. The summed E-state index contributed by atoms with van der Waals surface area (Å²) in [5.74, 6) is 1.49. The van der Waals surface area contributed by atoms with Crippen molar-refractivity contribution in [2.24, 2.45) is 17.8 Å². The van der Waals surface area contributed by atoms with Crippen LogP contribution < -0.4 is 5.59 Å². The van der Waals surface area contributed by atoms with Crippen molar-refractivity contribution in [2.75, 3.05) is 0 Å².